The molecule has 0 saturated heterocycles. The van der Waals surface area contributed by atoms with Gasteiger partial charge in [0.1, 0.15) is 0 Å². The van der Waals surface area contributed by atoms with Gasteiger partial charge in [0.2, 0.25) is 5.91 Å². The molecule has 1 aliphatic carbocycles. The monoisotopic (exact) mass is 261 g/mol. The number of rotatable bonds is 2. The zero-order valence-electron chi connectivity index (χ0n) is 11.2. The molecule has 1 saturated carbocycles. The maximum Gasteiger partial charge on any atom is 0.251 e. The first-order valence-corrected chi connectivity index (χ1v) is 7.03. The zero-order valence-corrected chi connectivity index (χ0v) is 11.2. The Labute approximate surface area is 113 Å². The number of ether oxygens (including phenoxy) is 2. The van der Waals surface area contributed by atoms with Crippen molar-refractivity contribution in [1.82, 2.24) is 0 Å². The molecule has 1 aliphatic heterocycles. The predicted octanol–water partition coefficient (Wildman–Crippen LogP) is 3.47. The third-order valence-corrected chi connectivity index (χ3v) is 3.76. The van der Waals surface area contributed by atoms with Crippen LogP contribution in [-0.2, 0) is 4.79 Å². The molecule has 1 spiro atoms. The lowest BCUT2D eigenvalue weighted by Gasteiger charge is -2.31. The number of hydrogen-bond donors (Lipinski definition) is 1. The molecular weight excluding hydrogens is 242 g/mol. The highest BCUT2D eigenvalue weighted by Gasteiger charge is 2.42. The van der Waals surface area contributed by atoms with Crippen molar-refractivity contribution in [2.75, 3.05) is 5.32 Å². The second kappa shape index (κ2) is 4.76. The van der Waals surface area contributed by atoms with Gasteiger partial charge in [0.05, 0.1) is 0 Å². The van der Waals surface area contributed by atoms with E-state index in [9.17, 15) is 4.79 Å². The molecular formula is C15H19NO3. The van der Waals surface area contributed by atoms with Gasteiger partial charge in [-0.05, 0) is 25.0 Å². The van der Waals surface area contributed by atoms with Gasteiger partial charge in [-0.1, -0.05) is 13.3 Å². The van der Waals surface area contributed by atoms with Gasteiger partial charge in [0.25, 0.3) is 5.79 Å². The standard InChI is InChI=1S/C15H19NO3/c1-2-14(17)16-11-6-7-12-13(10-11)19-15(18-12)8-4-3-5-9-15/h6-7,10H,2-5,8-9H2,1H3,(H,16,17). The average molecular weight is 261 g/mol. The Morgan fingerprint density at radius 2 is 1.95 bits per heavy atom. The van der Waals surface area contributed by atoms with Crippen LogP contribution >= 0.6 is 0 Å². The molecule has 0 aromatic heterocycles. The smallest absolute Gasteiger partial charge is 0.251 e. The van der Waals surface area contributed by atoms with E-state index in [1.54, 1.807) is 0 Å². The van der Waals surface area contributed by atoms with Crippen molar-refractivity contribution in [2.45, 2.75) is 51.2 Å². The lowest BCUT2D eigenvalue weighted by molar-refractivity contribution is -0.115. The van der Waals surface area contributed by atoms with E-state index in [1.807, 2.05) is 25.1 Å². The largest absolute Gasteiger partial charge is 0.448 e. The first-order valence-electron chi connectivity index (χ1n) is 7.03. The van der Waals surface area contributed by atoms with Crippen molar-refractivity contribution in [3.05, 3.63) is 18.2 Å². The Morgan fingerprint density at radius 1 is 1.21 bits per heavy atom. The van der Waals surface area contributed by atoms with Crippen LogP contribution in [0.4, 0.5) is 5.69 Å². The quantitative estimate of drug-likeness (QED) is 0.886. The van der Waals surface area contributed by atoms with Crippen LogP contribution in [0.2, 0.25) is 0 Å². The van der Waals surface area contributed by atoms with E-state index in [-0.39, 0.29) is 5.91 Å². The minimum atomic E-state index is -0.450. The molecule has 1 aromatic carbocycles. The summed E-state index contributed by atoms with van der Waals surface area (Å²) in [5.74, 6) is 1.09. The molecule has 102 valence electrons. The van der Waals surface area contributed by atoms with Crippen LogP contribution in [0.15, 0.2) is 18.2 Å². The van der Waals surface area contributed by atoms with Crippen molar-refractivity contribution in [2.24, 2.45) is 0 Å². The Balaban J connectivity index is 1.78. The van der Waals surface area contributed by atoms with Crippen LogP contribution in [0.1, 0.15) is 45.4 Å². The summed E-state index contributed by atoms with van der Waals surface area (Å²) in [5.41, 5.74) is 0.766. The fourth-order valence-electron chi connectivity index (χ4n) is 2.72. The van der Waals surface area contributed by atoms with Gasteiger partial charge < -0.3 is 14.8 Å². The molecule has 0 radical (unpaired) electrons. The van der Waals surface area contributed by atoms with Gasteiger partial charge in [-0.15, -0.1) is 0 Å². The minimum Gasteiger partial charge on any atom is -0.448 e. The third kappa shape index (κ3) is 2.39. The summed E-state index contributed by atoms with van der Waals surface area (Å²) in [5, 5.41) is 2.84. The lowest BCUT2D eigenvalue weighted by Crippen LogP contribution is -2.40. The fraction of sp³-hybridized carbons (Fsp3) is 0.533. The molecule has 4 heteroatoms. The summed E-state index contributed by atoms with van der Waals surface area (Å²) in [4.78, 5) is 11.4. The van der Waals surface area contributed by atoms with Crippen molar-refractivity contribution in [1.29, 1.82) is 0 Å². The first kappa shape index (κ1) is 12.3. The summed E-state index contributed by atoms with van der Waals surface area (Å²) in [6.07, 6.45) is 5.90. The number of amides is 1. The summed E-state index contributed by atoms with van der Waals surface area (Å²) in [6.45, 7) is 1.83. The molecule has 3 rings (SSSR count). The molecule has 1 heterocycles. The summed E-state index contributed by atoms with van der Waals surface area (Å²) in [7, 11) is 0. The number of carbonyl (C=O) groups is 1. The Morgan fingerprint density at radius 3 is 2.68 bits per heavy atom. The van der Waals surface area contributed by atoms with Crippen LogP contribution in [0.5, 0.6) is 11.5 Å². The first-order chi connectivity index (χ1) is 9.21. The van der Waals surface area contributed by atoms with Crippen LogP contribution in [0.25, 0.3) is 0 Å². The number of carbonyl (C=O) groups excluding carboxylic acids is 1. The highest BCUT2D eigenvalue weighted by molar-refractivity contribution is 5.90. The normalized spacial score (nSPS) is 19.4. The minimum absolute atomic E-state index is 0.00578. The van der Waals surface area contributed by atoms with Crippen LogP contribution in [0.3, 0.4) is 0 Å². The predicted molar refractivity (Wildman–Crippen MR) is 72.4 cm³/mol. The van der Waals surface area contributed by atoms with Gasteiger partial charge in [0, 0.05) is 31.0 Å². The molecule has 1 N–H and O–H groups in total. The lowest BCUT2D eigenvalue weighted by atomic mass is 9.94. The number of benzene rings is 1. The number of nitrogens with one attached hydrogen (secondary N) is 1. The number of fused-ring (bicyclic) bond motifs is 1. The third-order valence-electron chi connectivity index (χ3n) is 3.76. The molecule has 4 nitrogen and oxygen atoms in total. The van der Waals surface area contributed by atoms with Gasteiger partial charge in [-0.2, -0.15) is 0 Å². The molecule has 1 aromatic rings. The average Bonchev–Trinajstić information content (AvgIpc) is 2.76. The Bertz CT molecular complexity index is 492. The van der Waals surface area contributed by atoms with E-state index in [4.69, 9.17) is 9.47 Å². The van der Waals surface area contributed by atoms with E-state index >= 15 is 0 Å². The zero-order chi connectivity index (χ0) is 13.3. The van der Waals surface area contributed by atoms with Crippen LogP contribution in [-0.4, -0.2) is 11.7 Å². The van der Waals surface area contributed by atoms with E-state index in [0.29, 0.717) is 6.42 Å². The SMILES string of the molecule is CCC(=O)Nc1ccc2c(c1)OC1(CCCCC1)O2. The molecule has 0 atom stereocenters. The molecule has 0 bridgehead atoms. The van der Waals surface area contributed by atoms with Crippen molar-refractivity contribution >= 4 is 11.6 Å². The summed E-state index contributed by atoms with van der Waals surface area (Å²) >= 11 is 0. The van der Waals surface area contributed by atoms with Gasteiger partial charge in [0.15, 0.2) is 11.5 Å². The second-order valence-electron chi connectivity index (χ2n) is 5.24. The Kier molecular flexibility index (Phi) is 3.09. The number of hydrogen-bond acceptors (Lipinski definition) is 3. The van der Waals surface area contributed by atoms with E-state index in [2.05, 4.69) is 5.32 Å². The van der Waals surface area contributed by atoms with Crippen molar-refractivity contribution in [3.8, 4) is 11.5 Å². The van der Waals surface area contributed by atoms with Crippen molar-refractivity contribution in [3.63, 3.8) is 0 Å². The molecule has 2 aliphatic rings. The highest BCUT2D eigenvalue weighted by atomic mass is 16.7. The maximum atomic E-state index is 11.4. The van der Waals surface area contributed by atoms with E-state index in [1.165, 1.54) is 6.42 Å². The van der Waals surface area contributed by atoms with Gasteiger partial charge in [-0.3, -0.25) is 4.79 Å². The van der Waals surface area contributed by atoms with E-state index < -0.39 is 5.79 Å². The fourth-order valence-corrected chi connectivity index (χ4v) is 2.72. The van der Waals surface area contributed by atoms with Gasteiger partial charge in [-0.25, -0.2) is 0 Å². The highest BCUT2D eigenvalue weighted by Crippen LogP contribution is 2.46. The summed E-state index contributed by atoms with van der Waals surface area (Å²) < 4.78 is 12.0. The van der Waals surface area contributed by atoms with Crippen LogP contribution in [0, 0.1) is 0 Å². The van der Waals surface area contributed by atoms with Crippen LogP contribution < -0.4 is 14.8 Å². The second-order valence-corrected chi connectivity index (χ2v) is 5.24. The molecule has 1 amide bonds. The van der Waals surface area contributed by atoms with Crippen molar-refractivity contribution < 1.29 is 14.3 Å². The molecule has 1 fully saturated rings. The Hall–Kier alpha value is -1.71. The molecule has 19 heavy (non-hydrogen) atoms. The maximum absolute atomic E-state index is 11.4. The van der Waals surface area contributed by atoms with Gasteiger partial charge >= 0.3 is 0 Å². The molecule has 0 unspecified atom stereocenters. The van der Waals surface area contributed by atoms with E-state index in [0.717, 1.165) is 42.9 Å². The summed E-state index contributed by atoms with van der Waals surface area (Å²) in [6, 6.07) is 5.59. The number of anilines is 1. The topological polar surface area (TPSA) is 47.6 Å².